The minimum atomic E-state index is -0.933. The van der Waals surface area contributed by atoms with Crippen molar-refractivity contribution in [1.29, 1.82) is 0 Å². The average molecular weight is 451 g/mol. The van der Waals surface area contributed by atoms with E-state index in [1.54, 1.807) is 6.20 Å². The maximum atomic E-state index is 12.8. The minimum Gasteiger partial charge on any atom is -0.449 e. The summed E-state index contributed by atoms with van der Waals surface area (Å²) in [5.41, 5.74) is 4.72. The van der Waals surface area contributed by atoms with Gasteiger partial charge < -0.3 is 15.0 Å². The number of hydrazone groups is 1. The molecule has 2 aromatic carbocycles. The number of carbonyl (C=O) groups is 2. The molecule has 0 fully saturated rings. The quantitative estimate of drug-likeness (QED) is 0.259. The standard InChI is InChI=1S/C23H25N5O5/c1-15(2)14-33-23(30)26-21(11-17-13-24-20-6-4-3-5-19(17)20)22(29)27-25-12-16-7-9-18(10-8-16)28(31)32/h3-10,12-13,15,21,24H,11,14H2,1-2H3,(H,26,30)(H,27,29). The van der Waals surface area contributed by atoms with Crippen molar-refractivity contribution in [3.8, 4) is 0 Å². The first-order chi connectivity index (χ1) is 15.8. The number of H-pyrrole nitrogens is 1. The normalized spacial score (nSPS) is 12.1. The molecule has 10 nitrogen and oxygen atoms in total. The van der Waals surface area contributed by atoms with Gasteiger partial charge in [0.2, 0.25) is 0 Å². The molecule has 3 rings (SSSR count). The molecule has 1 unspecified atom stereocenters. The monoisotopic (exact) mass is 451 g/mol. The van der Waals surface area contributed by atoms with E-state index in [1.165, 1.54) is 30.5 Å². The largest absolute Gasteiger partial charge is 0.449 e. The van der Waals surface area contributed by atoms with Gasteiger partial charge >= 0.3 is 6.09 Å². The zero-order valence-electron chi connectivity index (χ0n) is 18.3. The molecule has 0 aliphatic carbocycles. The van der Waals surface area contributed by atoms with Crippen LogP contribution >= 0.6 is 0 Å². The Kier molecular flexibility index (Phi) is 7.74. The van der Waals surface area contributed by atoms with Crippen molar-refractivity contribution in [3.63, 3.8) is 0 Å². The third-order valence-electron chi connectivity index (χ3n) is 4.75. The molecular weight excluding hydrogens is 426 g/mol. The molecule has 0 aliphatic rings. The first-order valence-corrected chi connectivity index (χ1v) is 10.4. The van der Waals surface area contributed by atoms with E-state index < -0.39 is 23.0 Å². The van der Waals surface area contributed by atoms with Crippen molar-refractivity contribution in [3.05, 3.63) is 76.0 Å². The number of carbonyl (C=O) groups excluding carboxylic acids is 2. The van der Waals surface area contributed by atoms with E-state index in [2.05, 4.69) is 20.8 Å². The van der Waals surface area contributed by atoms with Gasteiger partial charge in [0.1, 0.15) is 6.04 Å². The van der Waals surface area contributed by atoms with Crippen molar-refractivity contribution in [2.75, 3.05) is 6.61 Å². The molecule has 0 radical (unpaired) electrons. The second-order valence-electron chi connectivity index (χ2n) is 7.84. The van der Waals surface area contributed by atoms with Gasteiger partial charge in [-0.3, -0.25) is 14.9 Å². The summed E-state index contributed by atoms with van der Waals surface area (Å²) in [6.07, 6.45) is 2.69. The van der Waals surface area contributed by atoms with Crippen molar-refractivity contribution >= 4 is 34.8 Å². The van der Waals surface area contributed by atoms with E-state index in [1.807, 2.05) is 38.1 Å². The molecule has 0 aliphatic heterocycles. The molecule has 0 saturated heterocycles. The van der Waals surface area contributed by atoms with Crippen molar-refractivity contribution < 1.29 is 19.2 Å². The maximum Gasteiger partial charge on any atom is 0.407 e. The van der Waals surface area contributed by atoms with Crippen LogP contribution in [0.2, 0.25) is 0 Å². The highest BCUT2D eigenvalue weighted by Gasteiger charge is 2.23. The van der Waals surface area contributed by atoms with Crippen LogP contribution in [0.15, 0.2) is 59.8 Å². The lowest BCUT2D eigenvalue weighted by Gasteiger charge is -2.17. The number of hydrogen-bond donors (Lipinski definition) is 3. The Labute approximate surface area is 190 Å². The Morgan fingerprint density at radius 1 is 1.18 bits per heavy atom. The number of aromatic nitrogens is 1. The van der Waals surface area contributed by atoms with Gasteiger partial charge in [-0.05, 0) is 35.2 Å². The second-order valence-corrected chi connectivity index (χ2v) is 7.84. The highest BCUT2D eigenvalue weighted by Crippen LogP contribution is 2.19. The molecule has 1 heterocycles. The SMILES string of the molecule is CC(C)COC(=O)NC(Cc1c[nH]c2ccccc12)C(=O)NN=Cc1ccc([N+](=O)[O-])cc1. The van der Waals surface area contributed by atoms with Crippen LogP contribution in [-0.2, 0) is 16.0 Å². The van der Waals surface area contributed by atoms with Crippen LogP contribution in [-0.4, -0.2) is 40.8 Å². The number of ether oxygens (including phenoxy) is 1. The fourth-order valence-corrected chi connectivity index (χ4v) is 3.09. The fourth-order valence-electron chi connectivity index (χ4n) is 3.09. The number of rotatable bonds is 9. The number of para-hydroxylation sites is 1. The first kappa shape index (κ1) is 23.5. The Balaban J connectivity index is 1.70. The minimum absolute atomic E-state index is 0.0425. The number of aromatic amines is 1. The Morgan fingerprint density at radius 3 is 2.61 bits per heavy atom. The van der Waals surface area contributed by atoms with Crippen LogP contribution in [0.25, 0.3) is 10.9 Å². The zero-order valence-corrected chi connectivity index (χ0v) is 18.3. The molecule has 1 atom stereocenters. The smallest absolute Gasteiger partial charge is 0.407 e. The van der Waals surface area contributed by atoms with Crippen LogP contribution in [0.4, 0.5) is 10.5 Å². The number of nitro benzene ring substituents is 1. The van der Waals surface area contributed by atoms with Gasteiger partial charge in [0.05, 0.1) is 17.7 Å². The Bertz CT molecular complexity index is 1150. The van der Waals surface area contributed by atoms with Gasteiger partial charge in [-0.25, -0.2) is 10.2 Å². The zero-order chi connectivity index (χ0) is 23.8. The fraction of sp³-hybridized carbons (Fsp3) is 0.261. The second kappa shape index (κ2) is 10.9. The van der Waals surface area contributed by atoms with Crippen LogP contribution in [0.1, 0.15) is 25.0 Å². The first-order valence-electron chi connectivity index (χ1n) is 10.4. The summed E-state index contributed by atoms with van der Waals surface area (Å²) in [5.74, 6) is -0.372. The van der Waals surface area contributed by atoms with E-state index in [0.29, 0.717) is 5.56 Å². The van der Waals surface area contributed by atoms with E-state index >= 15 is 0 Å². The molecule has 0 saturated carbocycles. The van der Waals surface area contributed by atoms with Crippen LogP contribution in [0.5, 0.6) is 0 Å². The van der Waals surface area contributed by atoms with E-state index in [9.17, 15) is 19.7 Å². The summed E-state index contributed by atoms with van der Waals surface area (Å²) in [7, 11) is 0. The number of nitrogens with one attached hydrogen (secondary N) is 3. The summed E-state index contributed by atoms with van der Waals surface area (Å²) >= 11 is 0. The van der Waals surface area contributed by atoms with Crippen molar-refractivity contribution in [2.45, 2.75) is 26.3 Å². The Morgan fingerprint density at radius 2 is 1.91 bits per heavy atom. The topological polar surface area (TPSA) is 139 Å². The van der Waals surface area contributed by atoms with Crippen molar-refractivity contribution in [1.82, 2.24) is 15.7 Å². The van der Waals surface area contributed by atoms with Crippen LogP contribution in [0.3, 0.4) is 0 Å². The van der Waals surface area contributed by atoms with E-state index in [-0.39, 0.29) is 24.6 Å². The predicted octanol–water partition coefficient (Wildman–Crippen LogP) is 3.52. The van der Waals surface area contributed by atoms with Gasteiger partial charge in [-0.1, -0.05) is 32.0 Å². The lowest BCUT2D eigenvalue weighted by Crippen LogP contribution is -2.47. The summed E-state index contributed by atoms with van der Waals surface area (Å²) in [6, 6.07) is 12.4. The molecular formula is C23H25N5O5. The highest BCUT2D eigenvalue weighted by molar-refractivity contribution is 5.89. The molecule has 3 aromatic rings. The summed E-state index contributed by atoms with van der Waals surface area (Å²) in [6.45, 7) is 4.05. The molecule has 33 heavy (non-hydrogen) atoms. The predicted molar refractivity (Wildman–Crippen MR) is 124 cm³/mol. The van der Waals surface area contributed by atoms with E-state index in [4.69, 9.17) is 4.74 Å². The van der Waals surface area contributed by atoms with Crippen LogP contribution in [0, 0.1) is 16.0 Å². The molecule has 3 N–H and O–H groups in total. The molecule has 10 heteroatoms. The van der Waals surface area contributed by atoms with Crippen molar-refractivity contribution in [2.24, 2.45) is 11.0 Å². The van der Waals surface area contributed by atoms with Gasteiger partial charge in [0, 0.05) is 35.7 Å². The highest BCUT2D eigenvalue weighted by atomic mass is 16.6. The Hall–Kier alpha value is -4.21. The number of fused-ring (bicyclic) bond motifs is 1. The summed E-state index contributed by atoms with van der Waals surface area (Å²) in [5, 5.41) is 18.2. The number of alkyl carbamates (subject to hydrolysis) is 1. The number of amides is 2. The third kappa shape index (κ3) is 6.63. The third-order valence-corrected chi connectivity index (χ3v) is 4.75. The number of benzene rings is 2. The van der Waals surface area contributed by atoms with Crippen LogP contribution < -0.4 is 10.7 Å². The number of nitrogens with zero attached hydrogens (tertiary/aromatic N) is 2. The maximum absolute atomic E-state index is 12.8. The number of hydrogen-bond acceptors (Lipinski definition) is 6. The molecule has 2 amide bonds. The van der Waals surface area contributed by atoms with Gasteiger partial charge in [-0.15, -0.1) is 0 Å². The average Bonchev–Trinajstić information content (AvgIpc) is 3.20. The molecule has 1 aromatic heterocycles. The van der Waals surface area contributed by atoms with Gasteiger partial charge in [0.25, 0.3) is 11.6 Å². The lowest BCUT2D eigenvalue weighted by molar-refractivity contribution is -0.384. The van der Waals surface area contributed by atoms with E-state index in [0.717, 1.165) is 16.5 Å². The molecule has 172 valence electrons. The molecule has 0 bridgehead atoms. The molecule has 0 spiro atoms. The van der Waals surface area contributed by atoms with Gasteiger partial charge in [0.15, 0.2) is 0 Å². The number of nitro groups is 1. The summed E-state index contributed by atoms with van der Waals surface area (Å²) in [4.78, 5) is 38.4. The summed E-state index contributed by atoms with van der Waals surface area (Å²) < 4.78 is 5.16. The lowest BCUT2D eigenvalue weighted by atomic mass is 10.0. The van der Waals surface area contributed by atoms with Gasteiger partial charge in [-0.2, -0.15) is 5.10 Å². The number of non-ortho nitro benzene ring substituents is 1.